The van der Waals surface area contributed by atoms with E-state index in [2.05, 4.69) is 5.32 Å². The van der Waals surface area contributed by atoms with E-state index in [1.54, 1.807) is 0 Å². The van der Waals surface area contributed by atoms with E-state index < -0.39 is 11.4 Å². The molecule has 2 N–H and O–H groups in total. The fourth-order valence-electron chi connectivity index (χ4n) is 1.70. The molecule has 0 unspecified atom stereocenters. The van der Waals surface area contributed by atoms with Crippen LogP contribution < -0.4 is 5.32 Å². The molecule has 1 aromatic carbocycles. The van der Waals surface area contributed by atoms with Crippen LogP contribution in [-0.4, -0.2) is 30.8 Å². The fourth-order valence-corrected chi connectivity index (χ4v) is 1.82. The van der Waals surface area contributed by atoms with Crippen molar-refractivity contribution in [1.82, 2.24) is 5.32 Å². The molecule has 1 aromatic rings. The van der Waals surface area contributed by atoms with Crippen LogP contribution in [0.25, 0.3) is 0 Å². The Morgan fingerprint density at radius 2 is 2.06 bits per heavy atom. The van der Waals surface area contributed by atoms with E-state index in [0.717, 1.165) is 5.56 Å². The van der Waals surface area contributed by atoms with E-state index in [1.165, 1.54) is 0 Å². The number of carbonyl (C=O) groups is 1. The van der Waals surface area contributed by atoms with Gasteiger partial charge in [0.05, 0.1) is 13.2 Å². The first-order valence-electron chi connectivity index (χ1n) is 5.39. The van der Waals surface area contributed by atoms with E-state index in [9.17, 15) is 4.79 Å². The van der Waals surface area contributed by atoms with Crippen molar-refractivity contribution < 1.29 is 14.6 Å². The highest BCUT2D eigenvalue weighted by molar-refractivity contribution is 6.30. The SMILES string of the molecule is O=C(O)C1(CNCc2ccc(Cl)cc2)COC1. The minimum atomic E-state index is -0.799. The Labute approximate surface area is 105 Å². The highest BCUT2D eigenvalue weighted by Gasteiger charge is 2.45. The summed E-state index contributed by atoms with van der Waals surface area (Å²) in [5.74, 6) is -0.799. The number of hydrogen-bond donors (Lipinski definition) is 2. The van der Waals surface area contributed by atoms with Crippen LogP contribution in [0.5, 0.6) is 0 Å². The Kier molecular flexibility index (Phi) is 3.66. The van der Waals surface area contributed by atoms with Gasteiger partial charge in [0.25, 0.3) is 0 Å². The highest BCUT2D eigenvalue weighted by Crippen LogP contribution is 2.26. The topological polar surface area (TPSA) is 58.6 Å². The van der Waals surface area contributed by atoms with Crippen LogP contribution in [0.4, 0.5) is 0 Å². The van der Waals surface area contributed by atoms with Gasteiger partial charge in [-0.05, 0) is 17.7 Å². The third-order valence-electron chi connectivity index (χ3n) is 2.92. The Hall–Kier alpha value is -1.10. The Balaban J connectivity index is 1.83. The molecule has 1 aliphatic rings. The molecule has 1 aliphatic heterocycles. The third kappa shape index (κ3) is 2.77. The summed E-state index contributed by atoms with van der Waals surface area (Å²) in [6.07, 6.45) is 0. The molecule has 0 saturated carbocycles. The van der Waals surface area contributed by atoms with Gasteiger partial charge in [-0.3, -0.25) is 4.79 Å². The van der Waals surface area contributed by atoms with Crippen molar-refractivity contribution in [3.8, 4) is 0 Å². The molecule has 0 amide bonds. The first-order valence-corrected chi connectivity index (χ1v) is 5.76. The standard InChI is InChI=1S/C12H14ClNO3/c13-10-3-1-9(2-4-10)5-14-6-12(11(15)16)7-17-8-12/h1-4,14H,5-8H2,(H,15,16). The summed E-state index contributed by atoms with van der Waals surface area (Å²) in [7, 11) is 0. The number of ether oxygens (including phenoxy) is 1. The van der Waals surface area contributed by atoms with Gasteiger partial charge in [0.1, 0.15) is 5.41 Å². The van der Waals surface area contributed by atoms with Gasteiger partial charge in [0, 0.05) is 18.1 Å². The predicted octanol–water partition coefficient (Wildman–Crippen LogP) is 1.53. The molecule has 0 radical (unpaired) electrons. The minimum Gasteiger partial charge on any atom is -0.481 e. The van der Waals surface area contributed by atoms with Crippen molar-refractivity contribution in [3.63, 3.8) is 0 Å². The number of hydrogen-bond acceptors (Lipinski definition) is 3. The molecule has 1 fully saturated rings. The number of carboxylic acids is 1. The lowest BCUT2D eigenvalue weighted by Gasteiger charge is -2.37. The van der Waals surface area contributed by atoms with Crippen molar-refractivity contribution in [1.29, 1.82) is 0 Å². The second-order valence-corrected chi connectivity index (χ2v) is 4.74. The highest BCUT2D eigenvalue weighted by atomic mass is 35.5. The molecule has 2 rings (SSSR count). The van der Waals surface area contributed by atoms with Crippen LogP contribution in [0.1, 0.15) is 5.56 Å². The summed E-state index contributed by atoms with van der Waals surface area (Å²) in [6.45, 7) is 1.63. The molecular weight excluding hydrogens is 242 g/mol. The van der Waals surface area contributed by atoms with Crippen molar-refractivity contribution >= 4 is 17.6 Å². The van der Waals surface area contributed by atoms with Gasteiger partial charge >= 0.3 is 5.97 Å². The lowest BCUT2D eigenvalue weighted by molar-refractivity contribution is -0.178. The van der Waals surface area contributed by atoms with Crippen molar-refractivity contribution in [2.75, 3.05) is 19.8 Å². The molecule has 17 heavy (non-hydrogen) atoms. The second-order valence-electron chi connectivity index (χ2n) is 4.31. The Bertz CT molecular complexity index is 401. The van der Waals surface area contributed by atoms with Crippen molar-refractivity contribution in [3.05, 3.63) is 34.9 Å². The maximum atomic E-state index is 11.1. The van der Waals surface area contributed by atoms with E-state index in [1.807, 2.05) is 24.3 Å². The number of nitrogens with one attached hydrogen (secondary N) is 1. The average molecular weight is 256 g/mol. The minimum absolute atomic E-state index is 0.288. The van der Waals surface area contributed by atoms with Crippen LogP contribution in [0.3, 0.4) is 0 Å². The molecule has 0 bridgehead atoms. The van der Waals surface area contributed by atoms with Crippen LogP contribution in [0, 0.1) is 5.41 Å². The zero-order valence-electron chi connectivity index (χ0n) is 9.28. The van der Waals surface area contributed by atoms with Crippen molar-refractivity contribution in [2.24, 2.45) is 5.41 Å². The van der Waals surface area contributed by atoms with Gasteiger partial charge in [-0.2, -0.15) is 0 Å². The molecule has 5 heteroatoms. The quantitative estimate of drug-likeness (QED) is 0.838. The number of carboxylic acid groups (broad SMARTS) is 1. The van der Waals surface area contributed by atoms with E-state index >= 15 is 0 Å². The maximum absolute atomic E-state index is 11.1. The van der Waals surface area contributed by atoms with Gasteiger partial charge < -0.3 is 15.2 Å². The van der Waals surface area contributed by atoms with Gasteiger partial charge in [-0.15, -0.1) is 0 Å². The third-order valence-corrected chi connectivity index (χ3v) is 3.17. The van der Waals surface area contributed by atoms with Crippen LogP contribution in [0.2, 0.25) is 5.02 Å². The lowest BCUT2D eigenvalue weighted by atomic mass is 9.86. The zero-order valence-corrected chi connectivity index (χ0v) is 10.0. The first kappa shape index (κ1) is 12.4. The second kappa shape index (κ2) is 5.04. The van der Waals surface area contributed by atoms with Crippen LogP contribution in [-0.2, 0) is 16.1 Å². The first-order chi connectivity index (χ1) is 8.12. The monoisotopic (exact) mass is 255 g/mol. The summed E-state index contributed by atoms with van der Waals surface area (Å²) in [6, 6.07) is 7.47. The van der Waals surface area contributed by atoms with Gasteiger partial charge in [0.2, 0.25) is 0 Å². The smallest absolute Gasteiger partial charge is 0.315 e. The van der Waals surface area contributed by atoms with Gasteiger partial charge in [-0.25, -0.2) is 0 Å². The fraction of sp³-hybridized carbons (Fsp3) is 0.417. The normalized spacial score (nSPS) is 17.5. The molecule has 4 nitrogen and oxygen atoms in total. The maximum Gasteiger partial charge on any atom is 0.315 e. The number of rotatable bonds is 5. The average Bonchev–Trinajstić information content (AvgIpc) is 2.24. The summed E-state index contributed by atoms with van der Waals surface area (Å²) in [5, 5.41) is 12.9. The summed E-state index contributed by atoms with van der Waals surface area (Å²) in [5.41, 5.74) is 0.335. The van der Waals surface area contributed by atoms with E-state index in [0.29, 0.717) is 18.1 Å². The summed E-state index contributed by atoms with van der Waals surface area (Å²) >= 11 is 5.78. The Morgan fingerprint density at radius 3 is 2.53 bits per heavy atom. The molecule has 92 valence electrons. The largest absolute Gasteiger partial charge is 0.481 e. The molecule has 0 atom stereocenters. The lowest BCUT2D eigenvalue weighted by Crippen LogP contribution is -2.55. The number of aliphatic carboxylic acids is 1. The molecule has 0 aromatic heterocycles. The summed E-state index contributed by atoms with van der Waals surface area (Å²) < 4.78 is 4.98. The molecule has 0 spiro atoms. The molecule has 1 heterocycles. The van der Waals surface area contributed by atoms with Crippen molar-refractivity contribution in [2.45, 2.75) is 6.54 Å². The van der Waals surface area contributed by atoms with Gasteiger partial charge in [0.15, 0.2) is 0 Å². The molecular formula is C12H14ClNO3. The zero-order chi connectivity index (χ0) is 12.3. The van der Waals surface area contributed by atoms with E-state index in [-0.39, 0.29) is 13.2 Å². The molecule has 1 saturated heterocycles. The Morgan fingerprint density at radius 1 is 1.41 bits per heavy atom. The van der Waals surface area contributed by atoms with Gasteiger partial charge in [-0.1, -0.05) is 23.7 Å². The predicted molar refractivity (Wildman–Crippen MR) is 64.0 cm³/mol. The number of benzene rings is 1. The number of halogens is 1. The summed E-state index contributed by atoms with van der Waals surface area (Å²) in [4.78, 5) is 11.1. The van der Waals surface area contributed by atoms with Crippen LogP contribution in [0.15, 0.2) is 24.3 Å². The van der Waals surface area contributed by atoms with Crippen LogP contribution >= 0.6 is 11.6 Å². The molecule has 0 aliphatic carbocycles. The van der Waals surface area contributed by atoms with E-state index in [4.69, 9.17) is 21.4 Å².